The number of nitrogens with zero attached hydrogens (tertiary/aromatic N) is 12. The summed E-state index contributed by atoms with van der Waals surface area (Å²) in [5, 5.41) is 0.871. The molecule has 20 heteroatoms. The minimum Gasteiger partial charge on any atom is -0.419 e. The first-order chi connectivity index (χ1) is 26.1. The Bertz CT molecular complexity index is 1880. The van der Waals surface area contributed by atoms with Crippen LogP contribution in [0.4, 0.5) is 21.2 Å². The van der Waals surface area contributed by atoms with E-state index in [2.05, 4.69) is 39.7 Å². The summed E-state index contributed by atoms with van der Waals surface area (Å²) in [6.45, 7) is 5.28. The molecule has 0 radical (unpaired) electrons. The Morgan fingerprint density at radius 1 is 0.582 bits per heavy atom. The lowest BCUT2D eigenvalue weighted by Gasteiger charge is -2.33. The van der Waals surface area contributed by atoms with Crippen molar-refractivity contribution in [1.82, 2.24) is 49.5 Å². The predicted molar refractivity (Wildman–Crippen MR) is 199 cm³/mol. The summed E-state index contributed by atoms with van der Waals surface area (Å²) < 4.78 is 11.4. The number of ether oxygens (including phenoxy) is 2. The summed E-state index contributed by atoms with van der Waals surface area (Å²) in [6, 6.07) is 6.40. The van der Waals surface area contributed by atoms with E-state index < -0.39 is 36.5 Å². The minimum absolute atomic E-state index is 0. The van der Waals surface area contributed by atoms with E-state index in [1.165, 1.54) is 47.0 Å². The summed E-state index contributed by atoms with van der Waals surface area (Å²) in [5.41, 5.74) is 0.874. The normalized spacial score (nSPS) is 19.6. The van der Waals surface area contributed by atoms with Crippen LogP contribution in [0.2, 0.25) is 10.0 Å². The van der Waals surface area contributed by atoms with Crippen LogP contribution in [-0.4, -0.2) is 140 Å². The van der Waals surface area contributed by atoms with Gasteiger partial charge in [0.2, 0.25) is 12.5 Å². The molecule has 0 bridgehead atoms. The first-order valence-corrected chi connectivity index (χ1v) is 17.6. The Morgan fingerprint density at radius 2 is 0.945 bits per heavy atom. The Hall–Kier alpha value is -5.56. The molecule has 4 aromatic heterocycles. The third kappa shape index (κ3) is 8.26. The highest BCUT2D eigenvalue weighted by molar-refractivity contribution is 6.30. The highest BCUT2D eigenvalue weighted by Gasteiger charge is 2.45. The van der Waals surface area contributed by atoms with Crippen LogP contribution in [0.5, 0.6) is 0 Å². The van der Waals surface area contributed by atoms with Crippen LogP contribution in [0, 0.1) is 0 Å². The van der Waals surface area contributed by atoms with Crippen molar-refractivity contribution in [3.05, 3.63) is 94.3 Å². The molecule has 4 aliphatic heterocycles. The smallest absolute Gasteiger partial charge is 0.412 e. The van der Waals surface area contributed by atoms with E-state index in [-0.39, 0.29) is 18.8 Å². The van der Waals surface area contributed by atoms with Gasteiger partial charge in [-0.3, -0.25) is 19.6 Å². The fourth-order valence-electron chi connectivity index (χ4n) is 6.08. The summed E-state index contributed by atoms with van der Waals surface area (Å²) in [7, 11) is 4.00. The molecule has 55 heavy (non-hydrogen) atoms. The lowest BCUT2D eigenvalue weighted by atomic mass is 10.3. The van der Waals surface area contributed by atoms with Gasteiger partial charge in [0.25, 0.3) is 11.8 Å². The fraction of sp³-hybridized carbons (Fsp3) is 0.371. The third-order valence-corrected chi connectivity index (χ3v) is 9.54. The van der Waals surface area contributed by atoms with Gasteiger partial charge in [-0.05, 0) is 38.4 Å². The standard InChI is InChI=1S/2C17H17ClN6O3.CH4/c2*1-22-6-8-23(9-7-22)17(26)27-16-14-13(19-4-5-20-14)15(25)24(16)12-3-2-11(18)10-21-12;/h2*2-5,10,16H,6-9H2,1H3;1H4. The van der Waals surface area contributed by atoms with Gasteiger partial charge in [0.05, 0.1) is 10.0 Å². The Balaban J connectivity index is 0.000000184. The zero-order valence-corrected chi connectivity index (χ0v) is 30.7. The number of halogens is 2. The van der Waals surface area contributed by atoms with Gasteiger partial charge < -0.3 is 29.1 Å². The van der Waals surface area contributed by atoms with Crippen molar-refractivity contribution in [3.8, 4) is 0 Å². The van der Waals surface area contributed by atoms with E-state index >= 15 is 0 Å². The van der Waals surface area contributed by atoms with E-state index in [0.717, 1.165) is 26.2 Å². The van der Waals surface area contributed by atoms with Gasteiger partial charge in [-0.2, -0.15) is 0 Å². The van der Waals surface area contributed by atoms with Crippen LogP contribution in [0.3, 0.4) is 0 Å². The number of pyridine rings is 2. The molecule has 0 N–H and O–H groups in total. The number of aromatic nitrogens is 6. The molecule has 8 heterocycles. The van der Waals surface area contributed by atoms with Crippen LogP contribution in [0.1, 0.15) is 52.2 Å². The average Bonchev–Trinajstić information content (AvgIpc) is 3.62. The highest BCUT2D eigenvalue weighted by Crippen LogP contribution is 2.37. The summed E-state index contributed by atoms with van der Waals surface area (Å²) in [5.74, 6) is -0.242. The van der Waals surface area contributed by atoms with Crippen LogP contribution in [-0.2, 0) is 9.47 Å². The van der Waals surface area contributed by atoms with Gasteiger partial charge in [0.15, 0.2) is 11.4 Å². The number of likely N-dealkylation sites (N-methyl/N-ethyl adjacent to an activating group) is 2. The molecule has 18 nitrogen and oxygen atoms in total. The summed E-state index contributed by atoms with van der Waals surface area (Å²) in [4.78, 5) is 86.0. The number of hydrogen-bond acceptors (Lipinski definition) is 14. The molecular formula is C35H38Cl2N12O6. The Labute approximate surface area is 326 Å². The maximum Gasteiger partial charge on any atom is 0.412 e. The average molecular weight is 794 g/mol. The lowest BCUT2D eigenvalue weighted by molar-refractivity contribution is 0.0466. The quantitative estimate of drug-likeness (QED) is 0.291. The molecule has 0 aromatic carbocycles. The largest absolute Gasteiger partial charge is 0.419 e. The van der Waals surface area contributed by atoms with E-state index in [0.29, 0.717) is 59.2 Å². The van der Waals surface area contributed by atoms with Crippen molar-refractivity contribution in [2.45, 2.75) is 19.9 Å². The molecule has 4 aromatic rings. The Kier molecular flexibility index (Phi) is 12.0. The number of amides is 4. The van der Waals surface area contributed by atoms with Gasteiger partial charge >= 0.3 is 12.2 Å². The van der Waals surface area contributed by atoms with E-state index in [1.807, 2.05) is 14.1 Å². The molecule has 288 valence electrons. The van der Waals surface area contributed by atoms with E-state index in [9.17, 15) is 19.2 Å². The maximum atomic E-state index is 12.8. The zero-order valence-electron chi connectivity index (χ0n) is 29.2. The number of anilines is 2. The third-order valence-electron chi connectivity index (χ3n) is 9.10. The number of piperazine rings is 2. The van der Waals surface area contributed by atoms with Crippen LogP contribution in [0.15, 0.2) is 61.4 Å². The van der Waals surface area contributed by atoms with E-state index in [1.54, 1.807) is 34.1 Å². The van der Waals surface area contributed by atoms with Gasteiger partial charge in [-0.25, -0.2) is 39.3 Å². The minimum atomic E-state index is -1.03. The second-order valence-electron chi connectivity index (χ2n) is 12.7. The van der Waals surface area contributed by atoms with Crippen molar-refractivity contribution < 1.29 is 28.7 Å². The van der Waals surface area contributed by atoms with Crippen molar-refractivity contribution in [2.24, 2.45) is 0 Å². The van der Waals surface area contributed by atoms with E-state index in [4.69, 9.17) is 32.7 Å². The van der Waals surface area contributed by atoms with Crippen LogP contribution < -0.4 is 9.80 Å². The molecule has 4 aliphatic rings. The predicted octanol–water partition coefficient (Wildman–Crippen LogP) is 3.77. The Morgan fingerprint density at radius 3 is 1.29 bits per heavy atom. The zero-order chi connectivity index (χ0) is 37.9. The number of rotatable bonds is 4. The molecule has 2 atom stereocenters. The van der Waals surface area contributed by atoms with Gasteiger partial charge in [-0.1, -0.05) is 30.6 Å². The highest BCUT2D eigenvalue weighted by atomic mass is 35.5. The number of carbonyl (C=O) groups excluding carboxylic acids is 4. The second-order valence-corrected chi connectivity index (χ2v) is 13.5. The molecule has 2 saturated heterocycles. The lowest BCUT2D eigenvalue weighted by Crippen LogP contribution is -2.48. The van der Waals surface area contributed by atoms with Crippen molar-refractivity contribution in [2.75, 3.05) is 76.3 Å². The van der Waals surface area contributed by atoms with Gasteiger partial charge in [0, 0.05) is 89.5 Å². The van der Waals surface area contributed by atoms with Crippen LogP contribution >= 0.6 is 23.2 Å². The SMILES string of the molecule is C.CN1CCN(C(=O)OC2c3nccnc3C(=O)N2c2ccc(Cl)cn2)CC1.CN1CCN(C(=O)OC2c3nccnc3C(=O)N2c2ccc(Cl)cn2)CC1. The molecule has 2 unspecified atom stereocenters. The summed E-state index contributed by atoms with van der Waals surface area (Å²) >= 11 is 11.8. The monoisotopic (exact) mass is 792 g/mol. The number of fused-ring (bicyclic) bond motifs is 2. The van der Waals surface area contributed by atoms with Crippen molar-refractivity contribution in [3.63, 3.8) is 0 Å². The van der Waals surface area contributed by atoms with Gasteiger partial charge in [0.1, 0.15) is 23.0 Å². The molecule has 0 saturated carbocycles. The molecular weight excluding hydrogens is 755 g/mol. The van der Waals surface area contributed by atoms with Crippen molar-refractivity contribution >= 4 is 58.8 Å². The van der Waals surface area contributed by atoms with Crippen molar-refractivity contribution in [1.29, 1.82) is 0 Å². The second kappa shape index (κ2) is 16.8. The molecule has 2 fully saturated rings. The van der Waals surface area contributed by atoms with Gasteiger partial charge in [-0.15, -0.1) is 0 Å². The molecule has 8 rings (SSSR count). The molecule has 0 spiro atoms. The van der Waals surface area contributed by atoms with Crippen LogP contribution in [0.25, 0.3) is 0 Å². The molecule has 0 aliphatic carbocycles. The number of hydrogen-bond donors (Lipinski definition) is 0. The summed E-state index contributed by atoms with van der Waals surface area (Å²) in [6.07, 6.45) is 5.56. The first kappa shape index (κ1) is 39.1. The maximum absolute atomic E-state index is 12.8. The number of carbonyl (C=O) groups is 4. The topological polar surface area (TPSA) is 184 Å². The fourth-order valence-corrected chi connectivity index (χ4v) is 6.30. The molecule has 4 amide bonds. The first-order valence-electron chi connectivity index (χ1n) is 16.9.